The van der Waals surface area contributed by atoms with Crippen LogP contribution in [0.2, 0.25) is 0 Å². The van der Waals surface area contributed by atoms with Crippen LogP contribution in [0.1, 0.15) is 65.2 Å². The van der Waals surface area contributed by atoms with Crippen LogP contribution in [-0.2, 0) is 19.1 Å². The van der Waals surface area contributed by atoms with E-state index in [1.54, 1.807) is 0 Å². The molecule has 0 radical (unpaired) electrons. The second-order valence-corrected chi connectivity index (χ2v) is 10.5. The minimum atomic E-state index is -5.02. The summed E-state index contributed by atoms with van der Waals surface area (Å²) in [7, 11) is 0. The fourth-order valence-electron chi connectivity index (χ4n) is 7.29. The number of fused-ring (bicyclic) bond motifs is 5. The summed E-state index contributed by atoms with van der Waals surface area (Å²) in [5, 5.41) is 0. The first-order valence-corrected chi connectivity index (χ1v) is 11.4. The Labute approximate surface area is 188 Å². The zero-order valence-corrected chi connectivity index (χ0v) is 18.5. The maximum atomic E-state index is 12.8. The summed E-state index contributed by atoms with van der Waals surface area (Å²) in [6, 6.07) is 0. The van der Waals surface area contributed by atoms with E-state index in [0.29, 0.717) is 38.5 Å². The van der Waals surface area contributed by atoms with E-state index in [1.807, 2.05) is 13.0 Å². The van der Waals surface area contributed by atoms with E-state index in [9.17, 15) is 35.9 Å². The van der Waals surface area contributed by atoms with Gasteiger partial charge in [-0.1, -0.05) is 25.5 Å². The van der Waals surface area contributed by atoms with Crippen LogP contribution in [0.3, 0.4) is 0 Å². The molecule has 0 spiro atoms. The van der Waals surface area contributed by atoms with E-state index in [1.165, 1.54) is 0 Å². The number of esters is 2. The first-order valence-electron chi connectivity index (χ1n) is 11.4. The zero-order chi connectivity index (χ0) is 24.4. The van der Waals surface area contributed by atoms with Gasteiger partial charge in [0.05, 0.1) is 0 Å². The highest BCUT2D eigenvalue weighted by Gasteiger charge is 2.60. The molecule has 4 nitrogen and oxygen atoms in total. The molecule has 0 aromatic heterocycles. The molecule has 0 saturated heterocycles. The van der Waals surface area contributed by atoms with E-state index in [0.717, 1.165) is 12.0 Å². The van der Waals surface area contributed by atoms with E-state index >= 15 is 0 Å². The number of hydrogen-bond acceptors (Lipinski definition) is 4. The van der Waals surface area contributed by atoms with Crippen molar-refractivity contribution < 1.29 is 45.4 Å². The molecule has 0 amide bonds. The monoisotopic (exact) mass is 482 g/mol. The Morgan fingerprint density at radius 1 is 0.879 bits per heavy atom. The van der Waals surface area contributed by atoms with Gasteiger partial charge in [-0.05, 0) is 68.1 Å². The fourth-order valence-corrected chi connectivity index (χ4v) is 7.29. The average Bonchev–Trinajstić information content (AvgIpc) is 3.03. The van der Waals surface area contributed by atoms with Gasteiger partial charge in [-0.15, -0.1) is 0 Å². The molecular weight excluding hydrogens is 454 g/mol. The molecule has 0 aromatic rings. The normalized spacial score (nSPS) is 40.7. The first kappa shape index (κ1) is 24.4. The molecule has 33 heavy (non-hydrogen) atoms. The molecule has 186 valence electrons. The van der Waals surface area contributed by atoms with Crippen molar-refractivity contribution in [1.82, 2.24) is 0 Å². The number of allylic oxidation sites excluding steroid dienone is 1. The Morgan fingerprint density at radius 2 is 1.52 bits per heavy atom. The lowest BCUT2D eigenvalue weighted by atomic mass is 9.48. The van der Waals surface area contributed by atoms with Crippen molar-refractivity contribution in [1.29, 1.82) is 0 Å². The standard InChI is InChI=1S/C23H28F6O4/c1-20-9-7-13(32-18(30)22(24,25)26)11-12(20)3-4-14-15-5-6-17(33-19(31)23(27,28)29)21(15,2)10-8-16(14)20/h3,13-17H,4-11H2,1-2H3/t13-,14?,15?,16?,17-,20-,21-/m0/s1. The minimum absolute atomic E-state index is 0.109. The number of hydrogen-bond donors (Lipinski definition) is 0. The Bertz CT molecular complexity index is 849. The van der Waals surface area contributed by atoms with Crippen molar-refractivity contribution in [3.05, 3.63) is 11.6 Å². The fraction of sp³-hybridized carbons (Fsp3) is 0.826. The molecular formula is C23H28F6O4. The summed E-state index contributed by atoms with van der Waals surface area (Å²) in [5.74, 6) is -3.74. The van der Waals surface area contributed by atoms with Gasteiger partial charge in [0.2, 0.25) is 0 Å². The van der Waals surface area contributed by atoms with Crippen molar-refractivity contribution in [3.8, 4) is 0 Å². The number of halogens is 6. The third kappa shape index (κ3) is 4.16. The van der Waals surface area contributed by atoms with Gasteiger partial charge in [0.25, 0.3) is 0 Å². The van der Waals surface area contributed by atoms with Gasteiger partial charge in [0.1, 0.15) is 12.2 Å². The smallest absolute Gasteiger partial charge is 0.455 e. The molecule has 0 heterocycles. The highest BCUT2D eigenvalue weighted by molar-refractivity contribution is 5.76. The summed E-state index contributed by atoms with van der Waals surface area (Å²) >= 11 is 0. The molecule has 0 aliphatic heterocycles. The van der Waals surface area contributed by atoms with Crippen molar-refractivity contribution in [3.63, 3.8) is 0 Å². The van der Waals surface area contributed by atoms with E-state index in [4.69, 9.17) is 9.47 Å². The quantitative estimate of drug-likeness (QED) is 0.280. The summed E-state index contributed by atoms with van der Waals surface area (Å²) in [6.45, 7) is 4.03. The molecule has 3 saturated carbocycles. The lowest BCUT2D eigenvalue weighted by Gasteiger charge is -2.57. The van der Waals surface area contributed by atoms with Gasteiger partial charge in [-0.2, -0.15) is 26.3 Å². The topological polar surface area (TPSA) is 52.6 Å². The molecule has 4 rings (SSSR count). The highest BCUT2D eigenvalue weighted by atomic mass is 19.4. The number of carbonyl (C=O) groups is 2. The minimum Gasteiger partial charge on any atom is -0.455 e. The van der Waals surface area contributed by atoms with Gasteiger partial charge in [-0.3, -0.25) is 0 Å². The number of rotatable bonds is 2. The first-order chi connectivity index (χ1) is 15.2. The summed E-state index contributed by atoms with van der Waals surface area (Å²) in [4.78, 5) is 22.7. The summed E-state index contributed by atoms with van der Waals surface area (Å²) in [5.41, 5.74) is 0.242. The zero-order valence-electron chi connectivity index (χ0n) is 18.5. The lowest BCUT2D eigenvalue weighted by molar-refractivity contribution is -0.211. The molecule has 0 aromatic carbocycles. The van der Waals surface area contributed by atoms with Gasteiger partial charge in [-0.25, -0.2) is 9.59 Å². The summed E-state index contributed by atoms with van der Waals surface area (Å²) < 4.78 is 85.7. The third-order valence-electron chi connectivity index (χ3n) is 8.96. The van der Waals surface area contributed by atoms with Crippen LogP contribution in [0.5, 0.6) is 0 Å². The van der Waals surface area contributed by atoms with Gasteiger partial charge in [0.15, 0.2) is 0 Å². The Kier molecular flexibility index (Phi) is 5.84. The van der Waals surface area contributed by atoms with Crippen LogP contribution < -0.4 is 0 Å². The predicted octanol–water partition coefficient (Wildman–Crippen LogP) is 5.90. The van der Waals surface area contributed by atoms with Crippen molar-refractivity contribution >= 4 is 11.9 Å². The van der Waals surface area contributed by atoms with Crippen molar-refractivity contribution in [2.45, 2.75) is 89.8 Å². The Morgan fingerprint density at radius 3 is 2.15 bits per heavy atom. The van der Waals surface area contributed by atoms with Crippen LogP contribution in [0, 0.1) is 28.6 Å². The van der Waals surface area contributed by atoms with E-state index in [-0.39, 0.29) is 29.6 Å². The Hall–Kier alpha value is -1.74. The summed E-state index contributed by atoms with van der Waals surface area (Å²) in [6.07, 6.45) is -5.24. The largest absolute Gasteiger partial charge is 0.490 e. The molecule has 7 atom stereocenters. The van der Waals surface area contributed by atoms with Crippen LogP contribution in [0.15, 0.2) is 11.6 Å². The molecule has 0 N–H and O–H groups in total. The van der Waals surface area contributed by atoms with Crippen LogP contribution in [-0.4, -0.2) is 36.5 Å². The predicted molar refractivity (Wildman–Crippen MR) is 104 cm³/mol. The highest BCUT2D eigenvalue weighted by Crippen LogP contribution is 2.65. The second-order valence-electron chi connectivity index (χ2n) is 10.5. The SMILES string of the molecule is C[C@]12CC[C@H](OC(=O)C(F)(F)F)CC1=CCC1C2CC[C@@]2(C)C1CC[C@@H]2OC(=O)C(F)(F)F. The number of carbonyl (C=O) groups excluding carboxylic acids is 2. The van der Waals surface area contributed by atoms with Gasteiger partial charge in [0, 0.05) is 11.8 Å². The molecule has 3 fully saturated rings. The van der Waals surface area contributed by atoms with Crippen LogP contribution >= 0.6 is 0 Å². The molecule has 0 bridgehead atoms. The van der Waals surface area contributed by atoms with Crippen LogP contribution in [0.4, 0.5) is 26.3 Å². The maximum Gasteiger partial charge on any atom is 0.490 e. The van der Waals surface area contributed by atoms with Gasteiger partial charge >= 0.3 is 24.3 Å². The van der Waals surface area contributed by atoms with Gasteiger partial charge < -0.3 is 9.47 Å². The lowest BCUT2D eigenvalue weighted by Crippen LogP contribution is -2.52. The molecule has 4 aliphatic rings. The number of alkyl halides is 6. The average molecular weight is 482 g/mol. The third-order valence-corrected chi connectivity index (χ3v) is 8.96. The van der Waals surface area contributed by atoms with Crippen LogP contribution in [0.25, 0.3) is 0 Å². The second kappa shape index (κ2) is 7.90. The van der Waals surface area contributed by atoms with E-state index in [2.05, 4.69) is 6.92 Å². The molecule has 3 unspecified atom stereocenters. The van der Waals surface area contributed by atoms with Crippen molar-refractivity contribution in [2.75, 3.05) is 0 Å². The number of ether oxygens (including phenoxy) is 2. The maximum absolute atomic E-state index is 12.8. The van der Waals surface area contributed by atoms with Crippen molar-refractivity contribution in [2.24, 2.45) is 28.6 Å². The molecule has 4 aliphatic carbocycles. The Balaban J connectivity index is 1.49. The molecule has 10 heteroatoms. The van der Waals surface area contributed by atoms with E-state index < -0.39 is 41.9 Å².